The summed E-state index contributed by atoms with van der Waals surface area (Å²) >= 11 is 0. The first-order valence-electron chi connectivity index (χ1n) is 17.9. The van der Waals surface area contributed by atoms with Crippen molar-refractivity contribution in [2.45, 2.75) is 12.6 Å². The fourth-order valence-corrected chi connectivity index (χ4v) is 7.62. The average Bonchev–Trinajstić information content (AvgIpc) is 3.93. The Labute approximate surface area is 310 Å². The van der Waals surface area contributed by atoms with Crippen LogP contribution in [-0.4, -0.2) is 115 Å². The number of aromatic nitrogens is 4. The highest BCUT2D eigenvalue weighted by Gasteiger charge is 2.35. The fraction of sp³-hybridized carbons (Fsp3) is 0.250. The van der Waals surface area contributed by atoms with Crippen LogP contribution in [0.5, 0.6) is 0 Å². The molecular weight excluding hydrogens is 686 g/mol. The van der Waals surface area contributed by atoms with Gasteiger partial charge in [-0.05, 0) is 50.3 Å². The third-order valence-electron chi connectivity index (χ3n) is 10.2. The number of aliphatic hydroxyl groups is 1. The number of hydrogen-bond donors (Lipinski definition) is 3. The van der Waals surface area contributed by atoms with Crippen LogP contribution in [0.1, 0.15) is 49.3 Å². The molecule has 0 spiro atoms. The van der Waals surface area contributed by atoms with Gasteiger partial charge in [-0.1, -0.05) is 30.3 Å². The van der Waals surface area contributed by atoms with Gasteiger partial charge >= 0.3 is 0 Å². The van der Waals surface area contributed by atoms with E-state index in [0.29, 0.717) is 59.1 Å². The second kappa shape index (κ2) is 14.7. The van der Waals surface area contributed by atoms with Gasteiger partial charge in [0.1, 0.15) is 0 Å². The maximum Gasteiger partial charge on any atom is 0.261 e. The van der Waals surface area contributed by atoms with E-state index in [2.05, 4.69) is 20.6 Å². The van der Waals surface area contributed by atoms with Crippen LogP contribution < -0.4 is 10.6 Å². The summed E-state index contributed by atoms with van der Waals surface area (Å²) < 4.78 is 3.73. The number of nitrogens with zero attached hydrogens (tertiary/aromatic N) is 7. The van der Waals surface area contributed by atoms with E-state index in [1.54, 1.807) is 55.2 Å². The highest BCUT2D eigenvalue weighted by atomic mass is 16.3. The summed E-state index contributed by atoms with van der Waals surface area (Å²) in [5.74, 6) is -1.10. The van der Waals surface area contributed by atoms with Crippen molar-refractivity contribution in [2.24, 2.45) is 0 Å². The molecule has 0 saturated carbocycles. The molecule has 3 N–H and O–H groups in total. The number of amides is 4. The largest absolute Gasteiger partial charge is 0.369 e. The number of benzene rings is 4. The quantitative estimate of drug-likeness (QED) is 0.113. The number of carbonyl (C=O) groups excluding carboxylic acids is 4. The van der Waals surface area contributed by atoms with Gasteiger partial charge < -0.3 is 34.7 Å². The minimum atomic E-state index is -1.17. The molecule has 0 radical (unpaired) electrons. The van der Waals surface area contributed by atoms with Gasteiger partial charge in [-0.2, -0.15) is 0 Å². The molecule has 2 aromatic heterocycles. The highest BCUT2D eigenvalue weighted by Crippen LogP contribution is 2.38. The molecule has 4 amide bonds. The summed E-state index contributed by atoms with van der Waals surface area (Å²) in [6.07, 6.45) is 9.82. The zero-order valence-corrected chi connectivity index (χ0v) is 29.7. The van der Waals surface area contributed by atoms with Crippen molar-refractivity contribution in [1.29, 1.82) is 0 Å². The maximum absolute atomic E-state index is 13.8. The zero-order chi connectivity index (χ0) is 37.3. The van der Waals surface area contributed by atoms with Gasteiger partial charge in [0.2, 0.25) is 5.91 Å². The van der Waals surface area contributed by atoms with Crippen LogP contribution >= 0.6 is 0 Å². The molecule has 54 heavy (non-hydrogen) atoms. The summed E-state index contributed by atoms with van der Waals surface area (Å²) in [6.45, 7) is 1.99. The van der Waals surface area contributed by atoms with Crippen molar-refractivity contribution < 1.29 is 24.3 Å². The van der Waals surface area contributed by atoms with Crippen molar-refractivity contribution >= 4 is 45.2 Å². The molecular formula is C40H39N9O5. The van der Waals surface area contributed by atoms with Crippen LogP contribution in [0.3, 0.4) is 0 Å². The van der Waals surface area contributed by atoms with Crippen molar-refractivity contribution in [3.8, 4) is 11.4 Å². The molecule has 274 valence electrons. The summed E-state index contributed by atoms with van der Waals surface area (Å²) in [5.41, 5.74) is 3.80. The molecule has 6 aromatic rings. The molecule has 0 aliphatic carbocycles. The Hall–Kier alpha value is -6.22. The first-order chi connectivity index (χ1) is 26.4. The number of imide groups is 1. The molecule has 0 fully saturated rings. The zero-order valence-electron chi connectivity index (χ0n) is 29.7. The minimum Gasteiger partial charge on any atom is -0.369 e. The molecule has 0 saturated heterocycles. The number of likely N-dealkylation sites (N-methyl/N-ethyl adjacent to an activating group) is 1. The summed E-state index contributed by atoms with van der Waals surface area (Å²) in [6, 6.07) is 18.4. The summed E-state index contributed by atoms with van der Waals surface area (Å²) in [4.78, 5) is 66.7. The van der Waals surface area contributed by atoms with Crippen LogP contribution in [0.4, 0.5) is 0 Å². The van der Waals surface area contributed by atoms with E-state index < -0.39 is 6.23 Å². The average molecular weight is 726 g/mol. The van der Waals surface area contributed by atoms with Gasteiger partial charge in [-0.25, -0.2) is 9.97 Å². The van der Waals surface area contributed by atoms with Crippen LogP contribution in [0, 0.1) is 0 Å². The van der Waals surface area contributed by atoms with E-state index >= 15 is 0 Å². The van der Waals surface area contributed by atoms with Crippen LogP contribution in [0.25, 0.3) is 32.9 Å². The second-order valence-electron chi connectivity index (χ2n) is 13.4. The SMILES string of the molecule is CNCC(=O)N(CCCNCCN1C(=O)c2cccc3c(-n4ccnc4)ccc(c23)C1=O)CCN1C(=O)c2cccc3c(-n4ccnc4)ccc(c23)C1O. The summed E-state index contributed by atoms with van der Waals surface area (Å²) in [5, 5.41) is 20.7. The minimum absolute atomic E-state index is 0.125. The second-order valence-corrected chi connectivity index (χ2v) is 13.4. The van der Waals surface area contributed by atoms with E-state index in [0.717, 1.165) is 22.1 Å². The van der Waals surface area contributed by atoms with E-state index in [-0.39, 0.29) is 49.8 Å². The fourth-order valence-electron chi connectivity index (χ4n) is 7.62. The number of nitrogens with one attached hydrogen (secondary N) is 2. The van der Waals surface area contributed by atoms with Gasteiger partial charge in [0, 0.05) is 101 Å². The van der Waals surface area contributed by atoms with Gasteiger partial charge in [0.15, 0.2) is 6.23 Å². The Kier molecular flexibility index (Phi) is 9.46. The molecule has 0 bridgehead atoms. The Morgan fingerprint density at radius 2 is 1.39 bits per heavy atom. The first-order valence-corrected chi connectivity index (χ1v) is 17.9. The van der Waals surface area contributed by atoms with Gasteiger partial charge in [-0.15, -0.1) is 0 Å². The van der Waals surface area contributed by atoms with E-state index in [1.807, 2.05) is 64.0 Å². The predicted molar refractivity (Wildman–Crippen MR) is 201 cm³/mol. The van der Waals surface area contributed by atoms with E-state index in [4.69, 9.17) is 0 Å². The standard InChI is InChI=1S/C40H39N9O5/c1-41-23-34(50)45(21-22-49-38(52)29-8-3-6-27-33(47-19-15-44-25-47)12-10-31(36(27)29)40(49)54)17-4-13-42-16-20-48-37(51)28-7-2-5-26-32(46-18-14-43-24-46)11-9-30(35(26)28)39(48)53/h2-3,5-12,14-15,18-19,24-25,40-42,54H,4,13,16-17,20-23H2,1H3. The Morgan fingerprint density at radius 3 is 2.04 bits per heavy atom. The van der Waals surface area contributed by atoms with Crippen LogP contribution in [0.2, 0.25) is 0 Å². The third-order valence-corrected chi connectivity index (χ3v) is 10.2. The number of aliphatic hydroxyl groups excluding tert-OH is 1. The van der Waals surface area contributed by atoms with E-state index in [9.17, 15) is 24.3 Å². The lowest BCUT2D eigenvalue weighted by Gasteiger charge is -2.35. The Morgan fingerprint density at radius 1 is 0.759 bits per heavy atom. The molecule has 8 rings (SSSR count). The normalized spacial score (nSPS) is 15.1. The van der Waals surface area contributed by atoms with Crippen LogP contribution in [0.15, 0.2) is 98.1 Å². The van der Waals surface area contributed by atoms with Crippen molar-refractivity contribution in [3.63, 3.8) is 0 Å². The monoisotopic (exact) mass is 725 g/mol. The smallest absolute Gasteiger partial charge is 0.261 e. The summed E-state index contributed by atoms with van der Waals surface area (Å²) in [7, 11) is 1.70. The molecule has 2 aliphatic heterocycles. The van der Waals surface area contributed by atoms with Gasteiger partial charge in [0.05, 0.1) is 30.6 Å². The molecule has 1 atom stereocenters. The number of carbonyl (C=O) groups is 4. The van der Waals surface area contributed by atoms with E-state index in [1.165, 1.54) is 9.80 Å². The van der Waals surface area contributed by atoms with Gasteiger partial charge in [-0.3, -0.25) is 24.1 Å². The molecule has 4 aromatic carbocycles. The molecule has 4 heterocycles. The van der Waals surface area contributed by atoms with Crippen molar-refractivity contribution in [2.75, 3.05) is 52.9 Å². The van der Waals surface area contributed by atoms with Gasteiger partial charge in [0.25, 0.3) is 17.7 Å². The lowest BCUT2D eigenvalue weighted by atomic mass is 9.92. The van der Waals surface area contributed by atoms with Crippen molar-refractivity contribution in [1.82, 2.24) is 44.4 Å². The lowest BCUT2D eigenvalue weighted by Crippen LogP contribution is -2.46. The number of imidazole rings is 2. The highest BCUT2D eigenvalue weighted by molar-refractivity contribution is 6.26. The molecule has 14 nitrogen and oxygen atoms in total. The lowest BCUT2D eigenvalue weighted by molar-refractivity contribution is -0.130. The Balaban J connectivity index is 0.880. The van der Waals surface area contributed by atoms with Crippen LogP contribution in [-0.2, 0) is 4.79 Å². The number of rotatable bonds is 14. The maximum atomic E-state index is 13.8. The first kappa shape index (κ1) is 34.8. The third kappa shape index (κ3) is 6.09. The Bertz CT molecular complexity index is 2370. The molecule has 2 aliphatic rings. The van der Waals surface area contributed by atoms with Crippen molar-refractivity contribution in [3.05, 3.63) is 120 Å². The molecule has 1 unspecified atom stereocenters. The topological polar surface area (TPSA) is 158 Å². The molecule has 14 heteroatoms. The number of hydrogen-bond acceptors (Lipinski definition) is 9. The predicted octanol–water partition coefficient (Wildman–Crippen LogP) is 3.14.